The van der Waals surface area contributed by atoms with Gasteiger partial charge >= 0.3 is 0 Å². The zero-order valence-electron chi connectivity index (χ0n) is 13.5. The van der Waals surface area contributed by atoms with Gasteiger partial charge in [-0.3, -0.25) is 9.48 Å². The molecule has 2 rings (SSSR count). The highest BCUT2D eigenvalue weighted by molar-refractivity contribution is 5.97. The van der Waals surface area contributed by atoms with Gasteiger partial charge in [0, 0.05) is 31.7 Å². The van der Waals surface area contributed by atoms with Crippen LogP contribution in [-0.4, -0.2) is 50.4 Å². The molecule has 0 saturated heterocycles. The monoisotopic (exact) mass is 304 g/mol. The van der Waals surface area contributed by atoms with E-state index in [1.807, 2.05) is 20.0 Å². The molecule has 0 unspecified atom stereocenters. The van der Waals surface area contributed by atoms with Crippen LogP contribution in [0, 0.1) is 6.92 Å². The lowest BCUT2D eigenvalue weighted by molar-refractivity contribution is 0.0718. The Morgan fingerprint density at radius 2 is 2.14 bits per heavy atom. The van der Waals surface area contributed by atoms with Crippen LogP contribution in [-0.2, 0) is 7.05 Å². The zero-order chi connectivity index (χ0) is 16.1. The van der Waals surface area contributed by atoms with Crippen molar-refractivity contribution in [3.05, 3.63) is 23.5 Å². The third-order valence-electron chi connectivity index (χ3n) is 3.80. The molecule has 6 nitrogen and oxygen atoms in total. The normalized spacial score (nSPS) is 11.1. The minimum Gasteiger partial charge on any atom is -0.395 e. The summed E-state index contributed by atoms with van der Waals surface area (Å²) in [5, 5.41) is 14.4. The Morgan fingerprint density at radius 1 is 1.36 bits per heavy atom. The van der Waals surface area contributed by atoms with Gasteiger partial charge in [-0.05, 0) is 19.4 Å². The fourth-order valence-corrected chi connectivity index (χ4v) is 2.60. The predicted molar refractivity (Wildman–Crippen MR) is 85.8 cm³/mol. The van der Waals surface area contributed by atoms with E-state index in [2.05, 4.69) is 17.0 Å². The zero-order valence-corrected chi connectivity index (χ0v) is 13.5. The number of pyridine rings is 1. The molecule has 0 aliphatic heterocycles. The first-order valence-corrected chi connectivity index (χ1v) is 7.78. The maximum atomic E-state index is 12.6. The molecule has 0 spiro atoms. The Bertz CT molecular complexity index is 651. The number of aliphatic hydroxyl groups excluding tert-OH is 1. The Balaban J connectivity index is 2.23. The molecular weight excluding hydrogens is 280 g/mol. The standard InChI is InChI=1S/C16H24N4O2/c1-4-5-6-7-20(8-9-21)16(22)13-10-14-12(2)18-19(3)15(14)17-11-13/h10-11,21H,4-9H2,1-3H3. The van der Waals surface area contributed by atoms with E-state index in [1.54, 1.807) is 15.8 Å². The number of aliphatic hydroxyl groups is 1. The van der Waals surface area contributed by atoms with Gasteiger partial charge in [0.15, 0.2) is 5.65 Å². The molecular formula is C16H24N4O2. The van der Waals surface area contributed by atoms with E-state index in [9.17, 15) is 9.90 Å². The summed E-state index contributed by atoms with van der Waals surface area (Å²) in [6.45, 7) is 5.02. The summed E-state index contributed by atoms with van der Waals surface area (Å²) in [6, 6.07) is 1.84. The molecule has 0 aromatic carbocycles. The number of carbonyl (C=O) groups is 1. The molecule has 120 valence electrons. The lowest BCUT2D eigenvalue weighted by atomic mass is 10.1. The summed E-state index contributed by atoms with van der Waals surface area (Å²) in [5.41, 5.74) is 2.18. The van der Waals surface area contributed by atoms with Crippen molar-refractivity contribution >= 4 is 16.9 Å². The summed E-state index contributed by atoms with van der Waals surface area (Å²) < 4.78 is 1.71. The average Bonchev–Trinajstić information content (AvgIpc) is 2.80. The topological polar surface area (TPSA) is 71.2 Å². The van der Waals surface area contributed by atoms with E-state index in [1.165, 1.54) is 0 Å². The van der Waals surface area contributed by atoms with Crippen molar-refractivity contribution in [2.75, 3.05) is 19.7 Å². The van der Waals surface area contributed by atoms with Crippen LogP contribution < -0.4 is 0 Å². The molecule has 0 atom stereocenters. The maximum absolute atomic E-state index is 12.6. The second-order valence-corrected chi connectivity index (χ2v) is 5.53. The number of hydrogen-bond acceptors (Lipinski definition) is 4. The fourth-order valence-electron chi connectivity index (χ4n) is 2.60. The molecule has 1 N–H and O–H groups in total. The van der Waals surface area contributed by atoms with Crippen LogP contribution in [0.2, 0.25) is 0 Å². The number of nitrogens with zero attached hydrogens (tertiary/aromatic N) is 4. The molecule has 0 aliphatic rings. The summed E-state index contributed by atoms with van der Waals surface area (Å²) >= 11 is 0. The highest BCUT2D eigenvalue weighted by atomic mass is 16.3. The van der Waals surface area contributed by atoms with Crippen molar-refractivity contribution < 1.29 is 9.90 Å². The Hall–Kier alpha value is -1.95. The summed E-state index contributed by atoms with van der Waals surface area (Å²) in [4.78, 5) is 18.7. The number of amides is 1. The van der Waals surface area contributed by atoms with E-state index in [0.717, 1.165) is 36.0 Å². The van der Waals surface area contributed by atoms with Gasteiger partial charge in [0.05, 0.1) is 17.9 Å². The van der Waals surface area contributed by atoms with Crippen LogP contribution in [0.4, 0.5) is 0 Å². The first-order chi connectivity index (χ1) is 10.6. The highest BCUT2D eigenvalue weighted by Crippen LogP contribution is 2.17. The molecule has 1 amide bonds. The molecule has 2 aromatic heterocycles. The van der Waals surface area contributed by atoms with E-state index in [0.29, 0.717) is 18.7 Å². The first kappa shape index (κ1) is 16.4. The molecule has 2 aromatic rings. The lowest BCUT2D eigenvalue weighted by Crippen LogP contribution is -2.34. The quantitative estimate of drug-likeness (QED) is 0.793. The fraction of sp³-hybridized carbons (Fsp3) is 0.562. The summed E-state index contributed by atoms with van der Waals surface area (Å²) in [6.07, 6.45) is 4.72. The third-order valence-corrected chi connectivity index (χ3v) is 3.80. The van der Waals surface area contributed by atoms with E-state index in [4.69, 9.17) is 0 Å². The van der Waals surface area contributed by atoms with Crippen molar-refractivity contribution in [2.45, 2.75) is 33.1 Å². The van der Waals surface area contributed by atoms with Crippen LogP contribution in [0.1, 0.15) is 42.2 Å². The van der Waals surface area contributed by atoms with Crippen LogP contribution in [0.25, 0.3) is 11.0 Å². The summed E-state index contributed by atoms with van der Waals surface area (Å²) in [5.74, 6) is -0.0807. The molecule has 0 fully saturated rings. The van der Waals surface area contributed by atoms with Gasteiger partial charge in [0.2, 0.25) is 0 Å². The minimum atomic E-state index is -0.0807. The molecule has 0 saturated carbocycles. The number of hydrogen-bond donors (Lipinski definition) is 1. The highest BCUT2D eigenvalue weighted by Gasteiger charge is 2.17. The Morgan fingerprint density at radius 3 is 2.82 bits per heavy atom. The molecule has 6 heteroatoms. The van der Waals surface area contributed by atoms with Gasteiger partial charge in [-0.15, -0.1) is 0 Å². The number of unbranched alkanes of at least 4 members (excludes halogenated alkanes) is 2. The van der Waals surface area contributed by atoms with Crippen molar-refractivity contribution in [3.63, 3.8) is 0 Å². The van der Waals surface area contributed by atoms with Crippen molar-refractivity contribution in [2.24, 2.45) is 7.05 Å². The smallest absolute Gasteiger partial charge is 0.255 e. The largest absolute Gasteiger partial charge is 0.395 e. The number of carbonyl (C=O) groups excluding carboxylic acids is 1. The van der Waals surface area contributed by atoms with E-state index >= 15 is 0 Å². The molecule has 0 radical (unpaired) electrons. The number of rotatable bonds is 7. The number of aromatic nitrogens is 3. The predicted octanol–water partition coefficient (Wildman–Crippen LogP) is 1.90. The minimum absolute atomic E-state index is 0.0283. The van der Waals surface area contributed by atoms with Crippen LogP contribution in [0.3, 0.4) is 0 Å². The van der Waals surface area contributed by atoms with Crippen molar-refractivity contribution in [1.29, 1.82) is 0 Å². The molecule has 22 heavy (non-hydrogen) atoms. The van der Waals surface area contributed by atoms with Gasteiger partial charge in [0.1, 0.15) is 0 Å². The average molecular weight is 304 g/mol. The second-order valence-electron chi connectivity index (χ2n) is 5.53. The van der Waals surface area contributed by atoms with Crippen LogP contribution in [0.15, 0.2) is 12.3 Å². The van der Waals surface area contributed by atoms with Gasteiger partial charge in [0.25, 0.3) is 5.91 Å². The van der Waals surface area contributed by atoms with Crippen molar-refractivity contribution in [3.8, 4) is 0 Å². The van der Waals surface area contributed by atoms with E-state index < -0.39 is 0 Å². The lowest BCUT2D eigenvalue weighted by Gasteiger charge is -2.21. The molecule has 0 bridgehead atoms. The van der Waals surface area contributed by atoms with Gasteiger partial charge in [-0.25, -0.2) is 4.98 Å². The van der Waals surface area contributed by atoms with E-state index in [-0.39, 0.29) is 12.5 Å². The summed E-state index contributed by atoms with van der Waals surface area (Å²) in [7, 11) is 1.84. The molecule has 2 heterocycles. The van der Waals surface area contributed by atoms with Crippen LogP contribution >= 0.6 is 0 Å². The third kappa shape index (κ3) is 3.44. The Kier molecular flexibility index (Phi) is 5.49. The SMILES string of the molecule is CCCCCN(CCO)C(=O)c1cnc2c(c1)c(C)nn2C. The number of aryl methyl sites for hydroxylation is 2. The number of fused-ring (bicyclic) bond motifs is 1. The van der Waals surface area contributed by atoms with Crippen molar-refractivity contribution in [1.82, 2.24) is 19.7 Å². The molecule has 0 aliphatic carbocycles. The maximum Gasteiger partial charge on any atom is 0.255 e. The van der Waals surface area contributed by atoms with Gasteiger partial charge in [-0.2, -0.15) is 5.10 Å². The van der Waals surface area contributed by atoms with Crippen LogP contribution in [0.5, 0.6) is 0 Å². The second kappa shape index (κ2) is 7.35. The van der Waals surface area contributed by atoms with Gasteiger partial charge < -0.3 is 10.0 Å². The van der Waals surface area contributed by atoms with Gasteiger partial charge in [-0.1, -0.05) is 19.8 Å². The first-order valence-electron chi connectivity index (χ1n) is 7.78. The Labute approximate surface area is 130 Å².